The van der Waals surface area contributed by atoms with E-state index in [1.165, 1.54) is 0 Å². The summed E-state index contributed by atoms with van der Waals surface area (Å²) in [6.07, 6.45) is 0.917. The lowest BCUT2D eigenvalue weighted by Gasteiger charge is -1.93. The summed E-state index contributed by atoms with van der Waals surface area (Å²) in [6, 6.07) is 18.8. The molecule has 0 aromatic heterocycles. The summed E-state index contributed by atoms with van der Waals surface area (Å²) < 4.78 is 0. The van der Waals surface area contributed by atoms with Crippen molar-refractivity contribution in [2.45, 2.75) is 12.8 Å². The third kappa shape index (κ3) is 5.57. The second kappa shape index (κ2) is 8.18. The van der Waals surface area contributed by atoms with Crippen LogP contribution >= 0.6 is 0 Å². The van der Waals surface area contributed by atoms with Gasteiger partial charge in [0.2, 0.25) is 0 Å². The van der Waals surface area contributed by atoms with Crippen molar-refractivity contribution >= 4 is 11.4 Å². The van der Waals surface area contributed by atoms with E-state index < -0.39 is 0 Å². The Balaban J connectivity index is 0.000000200. The van der Waals surface area contributed by atoms with Gasteiger partial charge in [0.25, 0.3) is 0 Å². The van der Waals surface area contributed by atoms with E-state index in [0.717, 1.165) is 22.5 Å². The number of rotatable bonds is 2. The lowest BCUT2D eigenvalue weighted by atomic mass is 10.1. The number of nitriles is 2. The lowest BCUT2D eigenvalue weighted by Crippen LogP contribution is -1.85. The quantitative estimate of drug-likeness (QED) is 0.814. The van der Waals surface area contributed by atoms with Gasteiger partial charge < -0.3 is 11.5 Å². The van der Waals surface area contributed by atoms with E-state index >= 15 is 0 Å². The van der Waals surface area contributed by atoms with Crippen molar-refractivity contribution in [2.75, 3.05) is 11.5 Å². The van der Waals surface area contributed by atoms with Crippen LogP contribution in [-0.4, -0.2) is 0 Å². The van der Waals surface area contributed by atoms with Gasteiger partial charge in [-0.1, -0.05) is 24.3 Å². The van der Waals surface area contributed by atoms with Crippen LogP contribution in [0.5, 0.6) is 0 Å². The highest BCUT2D eigenvalue weighted by molar-refractivity contribution is 5.40. The Morgan fingerprint density at radius 2 is 0.950 bits per heavy atom. The first-order valence-corrected chi connectivity index (χ1v) is 6.08. The number of nitrogens with zero attached hydrogens (tertiary/aromatic N) is 2. The third-order valence-electron chi connectivity index (χ3n) is 2.53. The van der Waals surface area contributed by atoms with Gasteiger partial charge in [-0.05, 0) is 35.4 Å². The molecule has 0 saturated heterocycles. The molecule has 0 amide bonds. The van der Waals surface area contributed by atoms with Crippen LogP contribution in [0.25, 0.3) is 0 Å². The Hall–Kier alpha value is -2.98. The zero-order chi connectivity index (χ0) is 14.8. The molecule has 4 N–H and O–H groups in total. The zero-order valence-electron chi connectivity index (χ0n) is 11.1. The number of benzene rings is 2. The maximum atomic E-state index is 8.31. The molecule has 4 nitrogen and oxygen atoms in total. The third-order valence-corrected chi connectivity index (χ3v) is 2.53. The van der Waals surface area contributed by atoms with E-state index in [2.05, 4.69) is 12.1 Å². The van der Waals surface area contributed by atoms with Crippen molar-refractivity contribution < 1.29 is 0 Å². The molecule has 0 fully saturated rings. The van der Waals surface area contributed by atoms with Crippen LogP contribution < -0.4 is 11.5 Å². The molecule has 0 atom stereocenters. The van der Waals surface area contributed by atoms with Crippen molar-refractivity contribution in [1.29, 1.82) is 10.5 Å². The van der Waals surface area contributed by atoms with Crippen molar-refractivity contribution in [1.82, 2.24) is 0 Å². The summed E-state index contributed by atoms with van der Waals surface area (Å²) in [7, 11) is 0. The number of hydrogen-bond acceptors (Lipinski definition) is 4. The van der Waals surface area contributed by atoms with Gasteiger partial charge >= 0.3 is 0 Å². The van der Waals surface area contributed by atoms with Crippen LogP contribution in [0, 0.1) is 22.7 Å². The first-order chi connectivity index (χ1) is 9.65. The van der Waals surface area contributed by atoms with Gasteiger partial charge in [-0.15, -0.1) is 0 Å². The molecular weight excluding hydrogens is 248 g/mol. The predicted octanol–water partition coefficient (Wildman–Crippen LogP) is 2.67. The highest BCUT2D eigenvalue weighted by Crippen LogP contribution is 2.05. The van der Waals surface area contributed by atoms with Crippen molar-refractivity contribution in [3.63, 3.8) is 0 Å². The van der Waals surface area contributed by atoms with Crippen molar-refractivity contribution in [2.24, 2.45) is 0 Å². The number of nitrogen functional groups attached to an aromatic ring is 2. The molecule has 0 unspecified atom stereocenters. The van der Waals surface area contributed by atoms with Gasteiger partial charge in [-0.25, -0.2) is 0 Å². The van der Waals surface area contributed by atoms with Crippen LogP contribution in [0.15, 0.2) is 48.5 Å². The van der Waals surface area contributed by atoms with E-state index in [-0.39, 0.29) is 0 Å². The predicted molar refractivity (Wildman–Crippen MR) is 80.3 cm³/mol. The molecule has 2 aromatic carbocycles. The molecule has 0 aliphatic carbocycles. The maximum absolute atomic E-state index is 8.31. The van der Waals surface area contributed by atoms with Gasteiger partial charge in [-0.2, -0.15) is 10.5 Å². The Labute approximate surface area is 118 Å². The molecule has 0 radical (unpaired) electrons. The monoisotopic (exact) mass is 264 g/mol. The average Bonchev–Trinajstić information content (AvgIpc) is 2.45. The smallest absolute Gasteiger partial charge is 0.0669 e. The molecule has 0 bridgehead atoms. The first kappa shape index (κ1) is 15.1. The highest BCUT2D eigenvalue weighted by Gasteiger charge is 1.89. The van der Waals surface area contributed by atoms with Crippen LogP contribution in [0.4, 0.5) is 11.4 Å². The summed E-state index contributed by atoms with van der Waals surface area (Å²) >= 11 is 0. The minimum absolute atomic E-state index is 0.459. The molecule has 100 valence electrons. The van der Waals surface area contributed by atoms with Gasteiger partial charge in [0.15, 0.2) is 0 Å². The highest BCUT2D eigenvalue weighted by atomic mass is 14.5. The fraction of sp³-hybridized carbons (Fsp3) is 0.125. The molecule has 0 aliphatic heterocycles. The normalized spacial score (nSPS) is 8.70. The fourth-order valence-electron chi connectivity index (χ4n) is 1.45. The van der Waals surface area contributed by atoms with Gasteiger partial charge in [0, 0.05) is 11.4 Å². The number of nitrogens with two attached hydrogens (primary N) is 2. The maximum Gasteiger partial charge on any atom is 0.0669 e. The summed E-state index contributed by atoms with van der Waals surface area (Å²) in [6.45, 7) is 0. The van der Waals surface area contributed by atoms with Gasteiger partial charge in [0.05, 0.1) is 25.0 Å². The molecule has 0 spiro atoms. The minimum atomic E-state index is 0.459. The second-order valence-electron chi connectivity index (χ2n) is 4.15. The van der Waals surface area contributed by atoms with E-state index in [0.29, 0.717) is 12.8 Å². The molecule has 2 aromatic rings. The Morgan fingerprint density at radius 1 is 0.650 bits per heavy atom. The molecular formula is C16H16N4. The summed E-state index contributed by atoms with van der Waals surface area (Å²) in [5.74, 6) is 0. The topological polar surface area (TPSA) is 99.6 Å². The van der Waals surface area contributed by atoms with Crippen LogP contribution in [0.1, 0.15) is 11.1 Å². The van der Waals surface area contributed by atoms with E-state index in [9.17, 15) is 0 Å². The summed E-state index contributed by atoms with van der Waals surface area (Å²) in [5, 5.41) is 16.6. The molecule has 0 saturated carbocycles. The summed E-state index contributed by atoms with van der Waals surface area (Å²) in [4.78, 5) is 0. The average molecular weight is 264 g/mol. The molecule has 4 heteroatoms. The first-order valence-electron chi connectivity index (χ1n) is 6.08. The van der Waals surface area contributed by atoms with Crippen LogP contribution in [-0.2, 0) is 12.8 Å². The Bertz CT molecular complexity index is 543. The number of anilines is 2. The largest absolute Gasteiger partial charge is 0.399 e. The number of hydrogen-bond donors (Lipinski definition) is 2. The van der Waals surface area contributed by atoms with Crippen LogP contribution in [0.3, 0.4) is 0 Å². The second-order valence-corrected chi connectivity index (χ2v) is 4.15. The molecule has 2 rings (SSSR count). The molecule has 0 aliphatic rings. The Morgan fingerprint density at radius 3 is 1.20 bits per heavy atom. The van der Waals surface area contributed by atoms with Crippen molar-refractivity contribution in [3.8, 4) is 12.1 Å². The minimum Gasteiger partial charge on any atom is -0.399 e. The fourth-order valence-corrected chi connectivity index (χ4v) is 1.45. The van der Waals surface area contributed by atoms with E-state index in [4.69, 9.17) is 22.0 Å². The SMILES string of the molecule is N#CCc1ccc(N)cc1.N#CCc1ccc(N)cc1. The lowest BCUT2D eigenvalue weighted by molar-refractivity contribution is 1.26. The zero-order valence-corrected chi connectivity index (χ0v) is 11.1. The Kier molecular flexibility index (Phi) is 6.17. The van der Waals surface area contributed by atoms with Gasteiger partial charge in [-0.3, -0.25) is 0 Å². The standard InChI is InChI=1S/2C8H8N2/c2*9-6-5-7-1-3-8(10)4-2-7/h2*1-4H,5,10H2. The van der Waals surface area contributed by atoms with Crippen LogP contribution in [0.2, 0.25) is 0 Å². The molecule has 20 heavy (non-hydrogen) atoms. The summed E-state index contributed by atoms with van der Waals surface area (Å²) in [5.41, 5.74) is 14.4. The van der Waals surface area contributed by atoms with Crippen molar-refractivity contribution in [3.05, 3.63) is 59.7 Å². The van der Waals surface area contributed by atoms with E-state index in [1.54, 1.807) is 24.3 Å². The van der Waals surface area contributed by atoms with Gasteiger partial charge in [0.1, 0.15) is 0 Å². The molecule has 0 heterocycles. The van der Waals surface area contributed by atoms with E-state index in [1.807, 2.05) is 24.3 Å².